The molecule has 0 amide bonds. The van der Waals surface area contributed by atoms with E-state index in [-0.39, 0.29) is 5.78 Å². The predicted octanol–water partition coefficient (Wildman–Crippen LogP) is 4.36. The van der Waals surface area contributed by atoms with Gasteiger partial charge in [0.1, 0.15) is 24.7 Å². The predicted molar refractivity (Wildman–Crippen MR) is 99.9 cm³/mol. The van der Waals surface area contributed by atoms with Crippen LogP contribution < -0.4 is 15.2 Å². The van der Waals surface area contributed by atoms with E-state index < -0.39 is 0 Å². The van der Waals surface area contributed by atoms with E-state index in [1.807, 2.05) is 12.1 Å². The molecule has 2 rings (SSSR count). The van der Waals surface area contributed by atoms with E-state index in [2.05, 4.69) is 13.2 Å². The number of allylic oxidation sites excluding steroid dienone is 1. The van der Waals surface area contributed by atoms with Gasteiger partial charge in [0.2, 0.25) is 0 Å². The van der Waals surface area contributed by atoms with E-state index in [4.69, 9.17) is 15.2 Å². The Morgan fingerprint density at radius 3 is 2.58 bits per heavy atom. The second kappa shape index (κ2) is 8.74. The average Bonchev–Trinajstić information content (AvgIpc) is 3.02. The molecule has 0 fully saturated rings. The van der Waals surface area contributed by atoms with Crippen molar-refractivity contribution in [3.05, 3.63) is 71.5 Å². The third-order valence-electron chi connectivity index (χ3n) is 3.04. The SMILES string of the molecule is C=CCOc1ccc(/C=C/C(=O)c2sccc2N)c(OCC=C)c1. The van der Waals surface area contributed by atoms with E-state index in [0.717, 1.165) is 5.56 Å². The Morgan fingerprint density at radius 1 is 1.17 bits per heavy atom. The normalized spacial score (nSPS) is 10.5. The number of carbonyl (C=O) groups is 1. The lowest BCUT2D eigenvalue weighted by Gasteiger charge is -2.10. The van der Waals surface area contributed by atoms with Crippen molar-refractivity contribution in [3.8, 4) is 11.5 Å². The summed E-state index contributed by atoms with van der Waals surface area (Å²) in [6.45, 7) is 8.03. The van der Waals surface area contributed by atoms with Crippen molar-refractivity contribution in [1.29, 1.82) is 0 Å². The average molecular weight is 341 g/mol. The Bertz CT molecular complexity index is 762. The molecule has 0 saturated heterocycles. The zero-order chi connectivity index (χ0) is 17.4. The Hall–Kier alpha value is -2.79. The molecule has 0 radical (unpaired) electrons. The number of nitrogens with two attached hydrogens (primary N) is 1. The van der Waals surface area contributed by atoms with E-state index in [0.29, 0.717) is 35.3 Å². The minimum atomic E-state index is -0.135. The standard InChI is InChI=1S/C19H19NO3S/c1-3-10-22-15-7-5-14(18(13-15)23-11-4-2)6-8-17(21)19-16(20)9-12-24-19/h3-9,12-13H,1-2,10-11,20H2/b8-6+. The second-order valence-corrected chi connectivity index (χ2v) is 5.72. The number of hydrogen-bond acceptors (Lipinski definition) is 5. The van der Waals surface area contributed by atoms with Crippen molar-refractivity contribution < 1.29 is 14.3 Å². The fourth-order valence-corrected chi connectivity index (χ4v) is 2.67. The molecule has 5 heteroatoms. The summed E-state index contributed by atoms with van der Waals surface area (Å²) < 4.78 is 11.1. The second-order valence-electron chi connectivity index (χ2n) is 4.80. The Morgan fingerprint density at radius 2 is 1.92 bits per heavy atom. The molecule has 1 aromatic heterocycles. The minimum absolute atomic E-state index is 0.135. The summed E-state index contributed by atoms with van der Waals surface area (Å²) in [6.07, 6.45) is 6.52. The van der Waals surface area contributed by atoms with Crippen LogP contribution in [-0.2, 0) is 0 Å². The zero-order valence-corrected chi connectivity index (χ0v) is 14.1. The molecule has 0 unspecified atom stereocenters. The first-order valence-electron chi connectivity index (χ1n) is 7.32. The molecule has 1 heterocycles. The van der Waals surface area contributed by atoms with E-state index in [9.17, 15) is 4.79 Å². The monoisotopic (exact) mass is 341 g/mol. The number of benzene rings is 1. The first kappa shape index (κ1) is 17.6. The molecule has 2 N–H and O–H groups in total. The highest BCUT2D eigenvalue weighted by Gasteiger charge is 2.09. The van der Waals surface area contributed by atoms with Crippen LogP contribution in [0.4, 0.5) is 5.69 Å². The Kier molecular flexibility index (Phi) is 6.40. The lowest BCUT2D eigenvalue weighted by atomic mass is 10.1. The van der Waals surface area contributed by atoms with Crippen molar-refractivity contribution in [2.75, 3.05) is 18.9 Å². The van der Waals surface area contributed by atoms with Crippen LogP contribution in [0.1, 0.15) is 15.2 Å². The van der Waals surface area contributed by atoms with Gasteiger partial charge in [-0.25, -0.2) is 0 Å². The van der Waals surface area contributed by atoms with Gasteiger partial charge in [0, 0.05) is 11.6 Å². The largest absolute Gasteiger partial charge is 0.489 e. The van der Waals surface area contributed by atoms with Crippen LogP contribution in [-0.4, -0.2) is 19.0 Å². The van der Waals surface area contributed by atoms with Crippen molar-refractivity contribution in [2.45, 2.75) is 0 Å². The van der Waals surface area contributed by atoms with E-state index in [1.54, 1.807) is 35.7 Å². The topological polar surface area (TPSA) is 61.5 Å². The summed E-state index contributed by atoms with van der Waals surface area (Å²) in [5.41, 5.74) is 7.03. The van der Waals surface area contributed by atoms with Gasteiger partial charge in [-0.15, -0.1) is 11.3 Å². The number of ketones is 1. The molecule has 124 valence electrons. The number of anilines is 1. The number of rotatable bonds is 9. The van der Waals surface area contributed by atoms with E-state index >= 15 is 0 Å². The van der Waals surface area contributed by atoms with Gasteiger partial charge in [-0.2, -0.15) is 0 Å². The third kappa shape index (κ3) is 4.60. The van der Waals surface area contributed by atoms with Gasteiger partial charge < -0.3 is 15.2 Å². The van der Waals surface area contributed by atoms with Gasteiger partial charge in [-0.1, -0.05) is 25.3 Å². The molecule has 1 aromatic carbocycles. The maximum atomic E-state index is 12.2. The first-order chi connectivity index (χ1) is 11.7. The molecular formula is C19H19NO3S. The molecule has 0 aliphatic rings. The van der Waals surface area contributed by atoms with Gasteiger partial charge in [0.25, 0.3) is 0 Å². The summed E-state index contributed by atoms with van der Waals surface area (Å²) in [6, 6.07) is 7.14. The van der Waals surface area contributed by atoms with Gasteiger partial charge >= 0.3 is 0 Å². The molecule has 0 saturated carbocycles. The maximum Gasteiger partial charge on any atom is 0.197 e. The fraction of sp³-hybridized carbons (Fsp3) is 0.105. The number of ether oxygens (including phenoxy) is 2. The highest BCUT2D eigenvalue weighted by atomic mass is 32.1. The Balaban J connectivity index is 2.22. The maximum absolute atomic E-state index is 12.2. The molecule has 24 heavy (non-hydrogen) atoms. The van der Waals surface area contributed by atoms with E-state index in [1.165, 1.54) is 17.4 Å². The van der Waals surface area contributed by atoms with Crippen LogP contribution in [0.15, 0.2) is 61.0 Å². The fourth-order valence-electron chi connectivity index (χ4n) is 1.93. The van der Waals surface area contributed by atoms with Crippen LogP contribution in [0.25, 0.3) is 6.08 Å². The van der Waals surface area contributed by atoms with Crippen molar-refractivity contribution in [3.63, 3.8) is 0 Å². The van der Waals surface area contributed by atoms with Crippen LogP contribution in [0.3, 0.4) is 0 Å². The molecule has 0 atom stereocenters. The van der Waals surface area contributed by atoms with Gasteiger partial charge in [0.15, 0.2) is 5.78 Å². The number of hydrogen-bond donors (Lipinski definition) is 1. The summed E-state index contributed by atoms with van der Waals surface area (Å²) in [4.78, 5) is 12.7. The molecule has 2 aromatic rings. The third-order valence-corrected chi connectivity index (χ3v) is 3.99. The smallest absolute Gasteiger partial charge is 0.197 e. The summed E-state index contributed by atoms with van der Waals surface area (Å²) >= 11 is 1.32. The quantitative estimate of drug-likeness (QED) is 0.418. The molecular weight excluding hydrogens is 322 g/mol. The van der Waals surface area contributed by atoms with Gasteiger partial charge in [-0.3, -0.25) is 4.79 Å². The van der Waals surface area contributed by atoms with Crippen molar-refractivity contribution in [1.82, 2.24) is 0 Å². The van der Waals surface area contributed by atoms with Crippen LogP contribution in [0, 0.1) is 0 Å². The minimum Gasteiger partial charge on any atom is -0.489 e. The number of nitrogen functional groups attached to an aromatic ring is 1. The highest BCUT2D eigenvalue weighted by molar-refractivity contribution is 7.12. The Labute approximate surface area is 145 Å². The van der Waals surface area contributed by atoms with Crippen LogP contribution in [0.5, 0.6) is 11.5 Å². The zero-order valence-electron chi connectivity index (χ0n) is 13.2. The molecule has 0 bridgehead atoms. The lowest BCUT2D eigenvalue weighted by molar-refractivity contribution is 0.105. The number of thiophene rings is 1. The van der Waals surface area contributed by atoms with Crippen molar-refractivity contribution >= 4 is 28.9 Å². The van der Waals surface area contributed by atoms with Gasteiger partial charge in [0.05, 0.1) is 10.6 Å². The number of carbonyl (C=O) groups excluding carboxylic acids is 1. The van der Waals surface area contributed by atoms with Crippen LogP contribution >= 0.6 is 11.3 Å². The molecule has 0 aliphatic heterocycles. The summed E-state index contributed by atoms with van der Waals surface area (Å²) in [7, 11) is 0. The first-order valence-corrected chi connectivity index (χ1v) is 8.20. The van der Waals surface area contributed by atoms with Crippen molar-refractivity contribution in [2.24, 2.45) is 0 Å². The summed E-state index contributed by atoms with van der Waals surface area (Å²) in [5, 5.41) is 1.79. The molecule has 0 aliphatic carbocycles. The molecule has 0 spiro atoms. The highest BCUT2D eigenvalue weighted by Crippen LogP contribution is 2.27. The lowest BCUT2D eigenvalue weighted by Crippen LogP contribution is -1.99. The van der Waals surface area contributed by atoms with Crippen LogP contribution in [0.2, 0.25) is 0 Å². The summed E-state index contributed by atoms with van der Waals surface area (Å²) in [5.74, 6) is 1.14. The van der Waals surface area contributed by atoms with Gasteiger partial charge in [-0.05, 0) is 35.7 Å². The molecule has 4 nitrogen and oxygen atoms in total.